The van der Waals surface area contributed by atoms with E-state index in [0.717, 1.165) is 38.5 Å². The van der Waals surface area contributed by atoms with Crippen LogP contribution in [0.4, 0.5) is 0 Å². The maximum atomic E-state index is 12.9. The highest BCUT2D eigenvalue weighted by Gasteiger charge is 2.90. The van der Waals surface area contributed by atoms with Gasteiger partial charge in [-0.3, -0.25) is 4.79 Å². The minimum Gasteiger partial charge on any atom is -0.462 e. The Morgan fingerprint density at radius 2 is 1.58 bits per heavy atom. The summed E-state index contributed by atoms with van der Waals surface area (Å²) in [5.41, 5.74) is -2.98. The fraction of sp³-hybridized carbons (Fsp3) is 0.973. The molecule has 3 heterocycles. The van der Waals surface area contributed by atoms with Crippen molar-refractivity contribution < 1.29 is 54.0 Å². The summed E-state index contributed by atoms with van der Waals surface area (Å²) in [6.45, 7) is 16.0. The van der Waals surface area contributed by atoms with E-state index < -0.39 is 65.1 Å². The van der Waals surface area contributed by atoms with E-state index in [2.05, 4.69) is 34.6 Å². The molecule has 0 amide bonds. The van der Waals surface area contributed by atoms with Crippen molar-refractivity contribution >= 4 is 5.97 Å². The maximum Gasteiger partial charge on any atom is 0.302 e. The van der Waals surface area contributed by atoms with Gasteiger partial charge in [0.1, 0.15) is 36.6 Å². The number of aliphatic hydroxyl groups is 5. The van der Waals surface area contributed by atoms with Crippen molar-refractivity contribution in [3.8, 4) is 0 Å². The van der Waals surface area contributed by atoms with Crippen LogP contribution in [0.1, 0.15) is 100 Å². The summed E-state index contributed by atoms with van der Waals surface area (Å²) >= 11 is 0. The number of carbonyl (C=O) groups is 1. The van der Waals surface area contributed by atoms with Gasteiger partial charge in [0.05, 0.1) is 24.4 Å². The molecule has 5 saturated carbocycles. The first-order valence-corrected chi connectivity index (χ1v) is 18.5. The highest BCUT2D eigenvalue weighted by Crippen LogP contribution is 2.90. The number of hydrogen-bond donors (Lipinski definition) is 5. The number of fused-ring (bicyclic) bond motifs is 4. The van der Waals surface area contributed by atoms with E-state index in [1.807, 2.05) is 0 Å². The van der Waals surface area contributed by atoms with Crippen LogP contribution in [0.3, 0.4) is 0 Å². The Hall–Kier alpha value is -0.890. The zero-order chi connectivity index (χ0) is 34.8. The van der Waals surface area contributed by atoms with Gasteiger partial charge >= 0.3 is 5.97 Å². The third-order valence-electron chi connectivity index (χ3n) is 16.2. The molecule has 8 aliphatic rings. The van der Waals surface area contributed by atoms with Gasteiger partial charge in [-0.25, -0.2) is 0 Å². The second-order valence-electron chi connectivity index (χ2n) is 18.9. The minimum atomic E-state index is -1.34. The Bertz CT molecular complexity index is 1350. The molecular weight excluding hydrogens is 620 g/mol. The summed E-state index contributed by atoms with van der Waals surface area (Å²) in [5.74, 6) is -1.33. The lowest BCUT2D eigenvalue weighted by Crippen LogP contribution is -2.65. The van der Waals surface area contributed by atoms with Gasteiger partial charge in [0.15, 0.2) is 12.1 Å². The van der Waals surface area contributed by atoms with E-state index in [4.69, 9.17) is 23.7 Å². The van der Waals surface area contributed by atoms with Gasteiger partial charge in [0.2, 0.25) is 0 Å². The molecule has 11 heteroatoms. The van der Waals surface area contributed by atoms with E-state index in [1.165, 1.54) is 6.92 Å². The van der Waals surface area contributed by atoms with Crippen LogP contribution in [-0.4, -0.2) is 105 Å². The minimum absolute atomic E-state index is 0.0317. The second-order valence-corrected chi connectivity index (χ2v) is 18.9. The average Bonchev–Trinajstić information content (AvgIpc) is 3.48. The van der Waals surface area contributed by atoms with Gasteiger partial charge < -0.3 is 49.2 Å². The van der Waals surface area contributed by atoms with Gasteiger partial charge in [0.25, 0.3) is 0 Å². The monoisotopic (exact) mass is 678 g/mol. The number of esters is 1. The second kappa shape index (κ2) is 10.2. The van der Waals surface area contributed by atoms with Crippen LogP contribution in [0.25, 0.3) is 0 Å². The normalized spacial score (nSPS) is 59.4. The Morgan fingerprint density at radius 3 is 2.25 bits per heavy atom. The van der Waals surface area contributed by atoms with Crippen LogP contribution >= 0.6 is 0 Å². The maximum absolute atomic E-state index is 12.9. The summed E-state index contributed by atoms with van der Waals surface area (Å²) < 4.78 is 32.2. The SMILES string of the molecule is CC(=O)O[C@@H]1C[C@@]23C[C@@]24CC[C@H](O[C@@H]2OC[C@H](O)[C@H](O)[C@H]2O)C(C)(C)[C@@H]4CC[C@H]3[C@]2(C)[C@@H](O)[C@@]34O[C@H](C[C@@H](C)[C@@H]3[C@@]12C)[C@@H](C(C)(C)O)O4. The Morgan fingerprint density at radius 1 is 0.896 bits per heavy atom. The van der Waals surface area contributed by atoms with Gasteiger partial charge in [-0.05, 0) is 92.8 Å². The van der Waals surface area contributed by atoms with Crippen molar-refractivity contribution in [3.63, 3.8) is 0 Å². The Balaban J connectivity index is 1.16. The third-order valence-corrected chi connectivity index (χ3v) is 16.2. The third kappa shape index (κ3) is 3.90. The fourth-order valence-electron chi connectivity index (χ4n) is 14.3. The molecular formula is C37H58O11. The highest BCUT2D eigenvalue weighted by molar-refractivity contribution is 5.66. The lowest BCUT2D eigenvalue weighted by Gasteiger charge is -2.65. The van der Waals surface area contributed by atoms with Gasteiger partial charge in [-0.2, -0.15) is 0 Å². The quantitative estimate of drug-likeness (QED) is 0.219. The van der Waals surface area contributed by atoms with E-state index in [1.54, 1.807) is 13.8 Å². The first-order chi connectivity index (χ1) is 22.2. The first-order valence-electron chi connectivity index (χ1n) is 18.5. The van der Waals surface area contributed by atoms with Crippen LogP contribution in [0.15, 0.2) is 0 Å². The average molecular weight is 679 g/mol. The van der Waals surface area contributed by atoms with Gasteiger partial charge in [-0.1, -0.05) is 34.6 Å². The van der Waals surface area contributed by atoms with E-state index in [9.17, 15) is 30.3 Å². The van der Waals surface area contributed by atoms with E-state index >= 15 is 0 Å². The molecule has 0 aromatic heterocycles. The molecule has 0 radical (unpaired) electrons. The summed E-state index contributed by atoms with van der Waals surface area (Å²) in [7, 11) is 0. The van der Waals surface area contributed by atoms with Crippen molar-refractivity contribution in [1.82, 2.24) is 0 Å². The number of ether oxygens (including phenoxy) is 5. The predicted molar refractivity (Wildman–Crippen MR) is 170 cm³/mol. The molecule has 272 valence electrons. The van der Waals surface area contributed by atoms with Gasteiger partial charge in [0, 0.05) is 23.7 Å². The number of rotatable bonds is 4. The molecule has 0 aromatic carbocycles. The van der Waals surface area contributed by atoms with Crippen molar-refractivity contribution in [2.45, 2.75) is 167 Å². The molecule has 3 aliphatic heterocycles. The first kappa shape index (κ1) is 34.2. The van der Waals surface area contributed by atoms with Crippen LogP contribution < -0.4 is 0 Å². The fourth-order valence-corrected chi connectivity index (χ4v) is 14.3. The Kier molecular flexibility index (Phi) is 7.24. The molecule has 3 spiro atoms. The number of carbonyl (C=O) groups excluding carboxylic acids is 1. The topological polar surface area (TPSA) is 164 Å². The van der Waals surface area contributed by atoms with Crippen LogP contribution in [0.5, 0.6) is 0 Å². The standard InChI is InChI=1S/C37H58O11/c1-17-13-20-28(32(5,6)43)48-37(47-20)27(17)34(8)24(45-18(2)38)14-36-16-35(36)12-11-23(46-29-26(41)25(40)19(39)15-44-29)31(3,4)21(35)9-10-22(36)33(34,7)30(37)42/h17,19-30,39-43H,9-16H2,1-8H3/t17-,19+,20-,21+,22+,23+,24-,25+,26-,27-,28+,29+,30-,33-,34-,35-,36+,37-/m1/s1. The van der Waals surface area contributed by atoms with Crippen LogP contribution in [0, 0.1) is 50.7 Å². The molecule has 2 bridgehead atoms. The molecule has 8 rings (SSSR count). The van der Waals surface area contributed by atoms with Crippen LogP contribution in [-0.2, 0) is 28.5 Å². The largest absolute Gasteiger partial charge is 0.462 e. The number of hydrogen-bond acceptors (Lipinski definition) is 11. The van der Waals surface area contributed by atoms with E-state index in [0.29, 0.717) is 6.42 Å². The van der Waals surface area contributed by atoms with Crippen molar-refractivity contribution in [2.24, 2.45) is 50.7 Å². The van der Waals surface area contributed by atoms with E-state index in [-0.39, 0.29) is 64.7 Å². The molecule has 48 heavy (non-hydrogen) atoms. The smallest absolute Gasteiger partial charge is 0.302 e. The molecule has 0 aromatic rings. The molecule has 5 aliphatic carbocycles. The van der Waals surface area contributed by atoms with Gasteiger partial charge in [-0.15, -0.1) is 0 Å². The molecule has 18 atom stereocenters. The van der Waals surface area contributed by atoms with Crippen molar-refractivity contribution in [1.29, 1.82) is 0 Å². The van der Waals surface area contributed by atoms with Crippen molar-refractivity contribution in [2.75, 3.05) is 6.61 Å². The molecule has 5 N–H and O–H groups in total. The number of aliphatic hydroxyl groups excluding tert-OH is 4. The highest BCUT2D eigenvalue weighted by atomic mass is 16.8. The molecule has 0 unspecified atom stereocenters. The summed E-state index contributed by atoms with van der Waals surface area (Å²) in [6, 6.07) is 0. The van der Waals surface area contributed by atoms with Crippen LogP contribution in [0.2, 0.25) is 0 Å². The summed E-state index contributed by atoms with van der Waals surface area (Å²) in [6.07, 6.45) is -1.55. The predicted octanol–water partition coefficient (Wildman–Crippen LogP) is 2.66. The molecule has 3 saturated heterocycles. The Labute approximate surface area is 284 Å². The zero-order valence-electron chi connectivity index (χ0n) is 29.8. The lowest BCUT2D eigenvalue weighted by atomic mass is 9.40. The zero-order valence-corrected chi connectivity index (χ0v) is 29.8. The van der Waals surface area contributed by atoms with Crippen molar-refractivity contribution in [3.05, 3.63) is 0 Å². The molecule has 11 nitrogen and oxygen atoms in total. The summed E-state index contributed by atoms with van der Waals surface area (Å²) in [5, 5.41) is 55.0. The molecule has 8 fully saturated rings. The lowest BCUT2D eigenvalue weighted by molar-refractivity contribution is -0.304. The summed E-state index contributed by atoms with van der Waals surface area (Å²) in [4.78, 5) is 12.9.